The van der Waals surface area contributed by atoms with E-state index < -0.39 is 23.3 Å². The van der Waals surface area contributed by atoms with Crippen LogP contribution in [0.15, 0.2) is 48.5 Å². The zero-order valence-electron chi connectivity index (χ0n) is 17.6. The summed E-state index contributed by atoms with van der Waals surface area (Å²) in [7, 11) is 0. The lowest BCUT2D eigenvalue weighted by Crippen LogP contribution is -2.32. The van der Waals surface area contributed by atoms with Crippen LogP contribution in [0.25, 0.3) is 28.5 Å². The lowest BCUT2D eigenvalue weighted by Gasteiger charge is -2.35. The fourth-order valence-corrected chi connectivity index (χ4v) is 4.49. The summed E-state index contributed by atoms with van der Waals surface area (Å²) >= 11 is 0. The highest BCUT2D eigenvalue weighted by atomic mass is 19.1. The van der Waals surface area contributed by atoms with Crippen molar-refractivity contribution in [3.8, 4) is 16.9 Å². The van der Waals surface area contributed by atoms with Gasteiger partial charge in [0.2, 0.25) is 0 Å². The van der Waals surface area contributed by atoms with E-state index in [0.717, 1.165) is 41.1 Å². The third-order valence-electron chi connectivity index (χ3n) is 5.64. The van der Waals surface area contributed by atoms with Gasteiger partial charge in [0.25, 0.3) is 0 Å². The third kappa shape index (κ3) is 3.27. The molecule has 0 fully saturated rings. The smallest absolute Gasteiger partial charge is 0.171 e. The molecule has 1 N–H and O–H groups in total. The predicted octanol–water partition coefficient (Wildman–Crippen LogP) is 7.41. The van der Waals surface area contributed by atoms with Crippen LogP contribution in [0, 0.1) is 23.3 Å². The summed E-state index contributed by atoms with van der Waals surface area (Å²) in [5.41, 5.74) is 3.52. The molecule has 2 aliphatic rings. The van der Waals surface area contributed by atoms with Crippen molar-refractivity contribution in [2.75, 3.05) is 5.32 Å². The van der Waals surface area contributed by atoms with Crippen LogP contribution in [0.5, 0.6) is 5.75 Å². The van der Waals surface area contributed by atoms with Crippen LogP contribution in [-0.4, -0.2) is 5.54 Å². The Hall–Kier alpha value is -3.54. The molecule has 0 amide bonds. The minimum Gasteiger partial charge on any atom is -0.453 e. The van der Waals surface area contributed by atoms with Crippen molar-refractivity contribution in [1.29, 1.82) is 0 Å². The molecule has 5 rings (SSSR count). The number of nitrogens with one attached hydrogen (secondary N) is 1. The van der Waals surface area contributed by atoms with E-state index in [1.165, 1.54) is 12.1 Å². The lowest BCUT2D eigenvalue weighted by atomic mass is 9.83. The number of halogens is 4. The first-order valence-electron chi connectivity index (χ1n) is 10.1. The highest BCUT2D eigenvalue weighted by Gasteiger charge is 2.32. The van der Waals surface area contributed by atoms with E-state index in [1.54, 1.807) is 6.07 Å². The van der Waals surface area contributed by atoms with Crippen LogP contribution in [0.2, 0.25) is 0 Å². The Labute approximate surface area is 182 Å². The second kappa shape index (κ2) is 6.99. The Bertz CT molecular complexity index is 1350. The Morgan fingerprint density at radius 1 is 0.844 bits per heavy atom. The predicted molar refractivity (Wildman–Crippen MR) is 118 cm³/mol. The number of ether oxygens (including phenoxy) is 1. The number of rotatable bonds is 1. The summed E-state index contributed by atoms with van der Waals surface area (Å²) in [6.45, 7) is 5.98. The van der Waals surface area contributed by atoms with Gasteiger partial charge in [0, 0.05) is 34.0 Å². The monoisotopic (exact) mass is 437 g/mol. The standard InChI is InChI=1S/C26H19F4NO/c1-13-12-26(2,3)31-21-7-5-17-18-10-16(28)11-20(30)25(18)32-22(24(17)23(13)21)9-14-8-15(27)4-6-19(14)29/h4-12,31H,1-3H3/b22-9-. The van der Waals surface area contributed by atoms with Crippen molar-refractivity contribution in [2.45, 2.75) is 26.3 Å². The van der Waals surface area contributed by atoms with Gasteiger partial charge >= 0.3 is 0 Å². The normalized spacial score (nSPS) is 17.0. The van der Waals surface area contributed by atoms with Gasteiger partial charge < -0.3 is 10.1 Å². The molecule has 0 bridgehead atoms. The van der Waals surface area contributed by atoms with Crippen LogP contribution in [-0.2, 0) is 0 Å². The Balaban J connectivity index is 1.84. The van der Waals surface area contributed by atoms with Crippen LogP contribution in [0.3, 0.4) is 0 Å². The molecular formula is C26H19F4NO. The van der Waals surface area contributed by atoms with E-state index in [4.69, 9.17) is 4.74 Å². The van der Waals surface area contributed by atoms with E-state index in [1.807, 2.05) is 32.9 Å². The van der Waals surface area contributed by atoms with Crippen molar-refractivity contribution in [2.24, 2.45) is 0 Å². The number of hydrogen-bond donors (Lipinski definition) is 1. The van der Waals surface area contributed by atoms with Gasteiger partial charge in [0.05, 0.1) is 5.54 Å². The van der Waals surface area contributed by atoms with Crippen molar-refractivity contribution >= 4 is 23.1 Å². The summed E-state index contributed by atoms with van der Waals surface area (Å²) in [5, 5.41) is 3.43. The molecule has 0 aromatic heterocycles. The first-order valence-corrected chi connectivity index (χ1v) is 10.1. The van der Waals surface area contributed by atoms with Gasteiger partial charge in [-0.2, -0.15) is 0 Å². The molecule has 162 valence electrons. The number of hydrogen-bond acceptors (Lipinski definition) is 2. The Morgan fingerprint density at radius 3 is 2.41 bits per heavy atom. The first-order chi connectivity index (χ1) is 15.1. The maximum Gasteiger partial charge on any atom is 0.171 e. The van der Waals surface area contributed by atoms with Gasteiger partial charge in [0.15, 0.2) is 11.6 Å². The largest absolute Gasteiger partial charge is 0.453 e. The van der Waals surface area contributed by atoms with E-state index in [9.17, 15) is 17.6 Å². The van der Waals surface area contributed by atoms with Gasteiger partial charge in [-0.3, -0.25) is 0 Å². The summed E-state index contributed by atoms with van der Waals surface area (Å²) in [6.07, 6.45) is 3.38. The quantitative estimate of drug-likeness (QED) is 0.400. The molecule has 0 aliphatic carbocycles. The minimum absolute atomic E-state index is 0.0414. The van der Waals surface area contributed by atoms with Crippen molar-refractivity contribution in [3.05, 3.63) is 88.5 Å². The number of benzene rings is 3. The Kier molecular flexibility index (Phi) is 4.45. The van der Waals surface area contributed by atoms with Crippen molar-refractivity contribution in [3.63, 3.8) is 0 Å². The molecule has 2 nitrogen and oxygen atoms in total. The maximum absolute atomic E-state index is 14.6. The van der Waals surface area contributed by atoms with Crippen LogP contribution in [0.4, 0.5) is 23.2 Å². The molecular weight excluding hydrogens is 418 g/mol. The zero-order chi connectivity index (χ0) is 22.8. The minimum atomic E-state index is -0.875. The van der Waals surface area contributed by atoms with E-state index in [2.05, 4.69) is 5.32 Å². The molecule has 2 aliphatic heterocycles. The van der Waals surface area contributed by atoms with E-state index in [-0.39, 0.29) is 28.2 Å². The fraction of sp³-hybridized carbons (Fsp3) is 0.154. The molecule has 0 atom stereocenters. The fourth-order valence-electron chi connectivity index (χ4n) is 4.49. The van der Waals surface area contributed by atoms with Crippen LogP contribution in [0.1, 0.15) is 37.5 Å². The summed E-state index contributed by atoms with van der Waals surface area (Å²) in [4.78, 5) is 0. The molecule has 0 unspecified atom stereocenters. The number of fused-ring (bicyclic) bond motifs is 5. The molecule has 2 heterocycles. The maximum atomic E-state index is 14.6. The van der Waals surface area contributed by atoms with Crippen molar-refractivity contribution < 1.29 is 22.3 Å². The second-order valence-corrected chi connectivity index (χ2v) is 8.63. The number of anilines is 1. The first kappa shape index (κ1) is 20.4. The summed E-state index contributed by atoms with van der Waals surface area (Å²) in [5.74, 6) is -2.88. The molecule has 3 aromatic carbocycles. The molecule has 0 spiro atoms. The number of allylic oxidation sites excluding steroid dienone is 1. The van der Waals surface area contributed by atoms with E-state index in [0.29, 0.717) is 11.1 Å². The van der Waals surface area contributed by atoms with Gasteiger partial charge in [-0.1, -0.05) is 12.1 Å². The van der Waals surface area contributed by atoms with Crippen LogP contribution < -0.4 is 10.1 Å². The molecule has 6 heteroatoms. The summed E-state index contributed by atoms with van der Waals surface area (Å²) in [6, 6.07) is 8.63. The average molecular weight is 437 g/mol. The summed E-state index contributed by atoms with van der Waals surface area (Å²) < 4.78 is 62.9. The molecule has 0 radical (unpaired) electrons. The molecule has 32 heavy (non-hydrogen) atoms. The van der Waals surface area contributed by atoms with Gasteiger partial charge in [-0.25, -0.2) is 17.6 Å². The molecule has 0 saturated carbocycles. The Morgan fingerprint density at radius 2 is 1.62 bits per heavy atom. The third-order valence-corrected chi connectivity index (χ3v) is 5.64. The van der Waals surface area contributed by atoms with Gasteiger partial charge in [-0.05, 0) is 68.3 Å². The average Bonchev–Trinajstić information content (AvgIpc) is 2.70. The highest BCUT2D eigenvalue weighted by Crippen LogP contribution is 2.50. The zero-order valence-corrected chi connectivity index (χ0v) is 17.6. The van der Waals surface area contributed by atoms with E-state index >= 15 is 0 Å². The molecule has 0 saturated heterocycles. The SMILES string of the molecule is CC1=CC(C)(C)Nc2ccc3c(c21)/C(=C/c1cc(F)ccc1F)Oc1c(F)cc(F)cc1-3. The van der Waals surface area contributed by atoms with Gasteiger partial charge in [-0.15, -0.1) is 0 Å². The second-order valence-electron chi connectivity index (χ2n) is 8.63. The van der Waals surface area contributed by atoms with Crippen molar-refractivity contribution in [1.82, 2.24) is 0 Å². The molecule has 3 aromatic rings. The topological polar surface area (TPSA) is 21.3 Å². The lowest BCUT2D eigenvalue weighted by molar-refractivity contribution is 0.460. The highest BCUT2D eigenvalue weighted by molar-refractivity contribution is 6.00. The van der Waals surface area contributed by atoms with Gasteiger partial charge in [0.1, 0.15) is 23.2 Å². The van der Waals surface area contributed by atoms with Crippen LogP contribution >= 0.6 is 0 Å².